The summed E-state index contributed by atoms with van der Waals surface area (Å²) in [6.07, 6.45) is 0. The molecule has 4 nitrogen and oxygen atoms in total. The predicted octanol–water partition coefficient (Wildman–Crippen LogP) is 2.88. The van der Waals surface area contributed by atoms with Crippen molar-refractivity contribution in [3.8, 4) is 0 Å². The fourth-order valence-corrected chi connectivity index (χ4v) is 2.15. The molecule has 0 bridgehead atoms. The summed E-state index contributed by atoms with van der Waals surface area (Å²) >= 11 is 0. The second-order valence-electron chi connectivity index (χ2n) is 4.30. The van der Waals surface area contributed by atoms with Crippen LogP contribution in [0.5, 0.6) is 0 Å². The van der Waals surface area contributed by atoms with Gasteiger partial charge in [0.15, 0.2) is 0 Å². The number of hydrogen-bond acceptors (Lipinski definition) is 3. The number of aliphatic carboxylic acids is 1. The highest BCUT2D eigenvalue weighted by Crippen LogP contribution is 2.25. The molecule has 94 valence electrons. The van der Waals surface area contributed by atoms with E-state index in [1.54, 1.807) is 6.07 Å². The van der Waals surface area contributed by atoms with Gasteiger partial charge in [0.25, 0.3) is 0 Å². The quantitative estimate of drug-likeness (QED) is 0.703. The zero-order valence-corrected chi connectivity index (χ0v) is 10.1. The van der Waals surface area contributed by atoms with Gasteiger partial charge in [-0.2, -0.15) is 0 Å². The predicted molar refractivity (Wildman–Crippen MR) is 75.4 cm³/mol. The Morgan fingerprint density at radius 3 is 2.74 bits per heavy atom. The number of benzene rings is 2. The molecule has 4 heteroatoms. The minimum Gasteiger partial charge on any atom is -0.480 e. The summed E-state index contributed by atoms with van der Waals surface area (Å²) in [5.74, 6) is -0.328. The van der Waals surface area contributed by atoms with Crippen molar-refractivity contribution in [1.82, 2.24) is 4.98 Å². The number of anilines is 1. The van der Waals surface area contributed by atoms with E-state index in [1.807, 2.05) is 30.3 Å². The first-order valence-corrected chi connectivity index (χ1v) is 5.98. The summed E-state index contributed by atoms with van der Waals surface area (Å²) < 4.78 is 0. The van der Waals surface area contributed by atoms with E-state index in [9.17, 15) is 4.79 Å². The van der Waals surface area contributed by atoms with Crippen LogP contribution >= 0.6 is 0 Å². The zero-order valence-electron chi connectivity index (χ0n) is 10.1. The highest BCUT2D eigenvalue weighted by Gasteiger charge is 2.03. The van der Waals surface area contributed by atoms with E-state index in [-0.39, 0.29) is 6.54 Å². The van der Waals surface area contributed by atoms with Gasteiger partial charge in [0.1, 0.15) is 12.4 Å². The Morgan fingerprint density at radius 2 is 1.89 bits per heavy atom. The average Bonchev–Trinajstić information content (AvgIpc) is 2.44. The minimum atomic E-state index is -0.902. The van der Waals surface area contributed by atoms with Crippen LogP contribution in [0.1, 0.15) is 0 Å². The van der Waals surface area contributed by atoms with Crippen LogP contribution < -0.4 is 5.32 Å². The molecule has 3 aromatic rings. The van der Waals surface area contributed by atoms with Gasteiger partial charge in [-0.15, -0.1) is 0 Å². The molecule has 0 aliphatic rings. The van der Waals surface area contributed by atoms with Crippen LogP contribution in [0.4, 0.5) is 5.82 Å². The molecule has 0 spiro atoms. The molecular formula is C15H12N2O2. The molecule has 0 atom stereocenters. The number of rotatable bonds is 3. The van der Waals surface area contributed by atoms with Crippen molar-refractivity contribution >= 4 is 33.5 Å². The number of carboxylic acids is 1. The van der Waals surface area contributed by atoms with Gasteiger partial charge in [-0.05, 0) is 29.0 Å². The van der Waals surface area contributed by atoms with Gasteiger partial charge in [-0.3, -0.25) is 4.79 Å². The number of fused-ring (bicyclic) bond motifs is 3. The Balaban J connectivity index is 2.09. The van der Waals surface area contributed by atoms with Gasteiger partial charge < -0.3 is 10.4 Å². The maximum absolute atomic E-state index is 10.5. The lowest BCUT2D eigenvalue weighted by molar-refractivity contribution is -0.134. The molecule has 1 heterocycles. The van der Waals surface area contributed by atoms with Crippen molar-refractivity contribution in [2.45, 2.75) is 0 Å². The fraction of sp³-hybridized carbons (Fsp3) is 0.0667. The van der Waals surface area contributed by atoms with Crippen LogP contribution in [-0.4, -0.2) is 22.6 Å². The molecule has 0 fully saturated rings. The van der Waals surface area contributed by atoms with E-state index < -0.39 is 5.97 Å². The van der Waals surface area contributed by atoms with E-state index in [0.29, 0.717) is 5.82 Å². The Bertz CT molecular complexity index is 768. The van der Waals surface area contributed by atoms with E-state index in [2.05, 4.69) is 22.4 Å². The number of aromatic nitrogens is 1. The van der Waals surface area contributed by atoms with Gasteiger partial charge in [0, 0.05) is 5.39 Å². The Hall–Kier alpha value is -2.62. The normalized spacial score (nSPS) is 10.7. The smallest absolute Gasteiger partial charge is 0.322 e. The first kappa shape index (κ1) is 11.5. The van der Waals surface area contributed by atoms with Crippen molar-refractivity contribution in [3.63, 3.8) is 0 Å². The Labute approximate surface area is 109 Å². The summed E-state index contributed by atoms with van der Waals surface area (Å²) in [6, 6.07) is 15.9. The lowest BCUT2D eigenvalue weighted by Gasteiger charge is -2.06. The third-order valence-corrected chi connectivity index (χ3v) is 3.02. The summed E-state index contributed by atoms with van der Waals surface area (Å²) in [5, 5.41) is 14.8. The number of hydrogen-bond donors (Lipinski definition) is 2. The van der Waals surface area contributed by atoms with Crippen LogP contribution in [0.2, 0.25) is 0 Å². The lowest BCUT2D eigenvalue weighted by atomic mass is 10.1. The second kappa shape index (κ2) is 4.57. The molecule has 0 saturated heterocycles. The first-order valence-electron chi connectivity index (χ1n) is 5.98. The molecule has 1 aromatic heterocycles. The molecule has 0 aliphatic heterocycles. The molecule has 0 amide bonds. The Morgan fingerprint density at radius 1 is 1.05 bits per heavy atom. The number of nitrogens with one attached hydrogen (secondary N) is 1. The lowest BCUT2D eigenvalue weighted by Crippen LogP contribution is -2.13. The maximum Gasteiger partial charge on any atom is 0.322 e. The van der Waals surface area contributed by atoms with Gasteiger partial charge >= 0.3 is 5.97 Å². The summed E-state index contributed by atoms with van der Waals surface area (Å²) in [6.45, 7) is -0.133. The number of carbonyl (C=O) groups is 1. The van der Waals surface area contributed by atoms with Crippen LogP contribution in [0.3, 0.4) is 0 Å². The summed E-state index contributed by atoms with van der Waals surface area (Å²) in [4.78, 5) is 14.9. The van der Waals surface area contributed by atoms with Crippen molar-refractivity contribution in [2.75, 3.05) is 11.9 Å². The van der Waals surface area contributed by atoms with Crippen LogP contribution in [-0.2, 0) is 4.79 Å². The van der Waals surface area contributed by atoms with Crippen molar-refractivity contribution < 1.29 is 9.90 Å². The van der Waals surface area contributed by atoms with Crippen LogP contribution in [0.15, 0.2) is 48.5 Å². The highest BCUT2D eigenvalue weighted by molar-refractivity contribution is 6.06. The number of nitrogens with zero attached hydrogens (tertiary/aromatic N) is 1. The largest absolute Gasteiger partial charge is 0.480 e. The highest BCUT2D eigenvalue weighted by atomic mass is 16.4. The molecule has 19 heavy (non-hydrogen) atoms. The maximum atomic E-state index is 10.5. The molecule has 0 saturated carbocycles. The fourth-order valence-electron chi connectivity index (χ4n) is 2.15. The van der Waals surface area contributed by atoms with E-state index >= 15 is 0 Å². The average molecular weight is 252 g/mol. The topological polar surface area (TPSA) is 62.2 Å². The minimum absolute atomic E-state index is 0.133. The molecule has 0 aliphatic carbocycles. The van der Waals surface area contributed by atoms with E-state index in [4.69, 9.17) is 5.11 Å². The van der Waals surface area contributed by atoms with Gasteiger partial charge in [0.2, 0.25) is 0 Å². The SMILES string of the molecule is O=C(O)CNc1ccc2c(ccc3ccccc32)n1. The van der Waals surface area contributed by atoms with Gasteiger partial charge in [0.05, 0.1) is 5.52 Å². The second-order valence-corrected chi connectivity index (χ2v) is 4.30. The van der Waals surface area contributed by atoms with Gasteiger partial charge in [-0.25, -0.2) is 4.98 Å². The van der Waals surface area contributed by atoms with E-state index in [0.717, 1.165) is 16.3 Å². The molecule has 2 N–H and O–H groups in total. The monoisotopic (exact) mass is 252 g/mol. The Kier molecular flexibility index (Phi) is 2.76. The molecular weight excluding hydrogens is 240 g/mol. The standard InChI is InChI=1S/C15H12N2O2/c18-15(19)9-16-14-8-6-12-11-4-2-1-3-10(11)5-7-13(12)17-14/h1-8H,9H2,(H,16,17)(H,18,19). The molecule has 3 rings (SSSR count). The van der Waals surface area contributed by atoms with Crippen molar-refractivity contribution in [2.24, 2.45) is 0 Å². The van der Waals surface area contributed by atoms with Crippen molar-refractivity contribution in [1.29, 1.82) is 0 Å². The third kappa shape index (κ3) is 2.20. The molecule has 0 radical (unpaired) electrons. The zero-order chi connectivity index (χ0) is 13.2. The number of pyridine rings is 1. The first-order chi connectivity index (χ1) is 9.24. The third-order valence-electron chi connectivity index (χ3n) is 3.02. The molecule has 0 unspecified atom stereocenters. The van der Waals surface area contributed by atoms with Crippen molar-refractivity contribution in [3.05, 3.63) is 48.5 Å². The van der Waals surface area contributed by atoms with Crippen LogP contribution in [0, 0.1) is 0 Å². The number of carboxylic acid groups (broad SMARTS) is 1. The van der Waals surface area contributed by atoms with Gasteiger partial charge in [-0.1, -0.05) is 30.3 Å². The molecule has 2 aromatic carbocycles. The van der Waals surface area contributed by atoms with Crippen LogP contribution in [0.25, 0.3) is 21.7 Å². The summed E-state index contributed by atoms with van der Waals surface area (Å²) in [7, 11) is 0. The summed E-state index contributed by atoms with van der Waals surface area (Å²) in [5.41, 5.74) is 0.856. The van der Waals surface area contributed by atoms with E-state index in [1.165, 1.54) is 5.39 Å².